The fraction of sp³-hybridized carbons (Fsp3) is 0.400. The third kappa shape index (κ3) is 2.94. The van der Waals surface area contributed by atoms with Gasteiger partial charge in [0.15, 0.2) is 11.5 Å². The summed E-state index contributed by atoms with van der Waals surface area (Å²) < 4.78 is 16.4. The lowest BCUT2D eigenvalue weighted by Crippen LogP contribution is -2.31. The van der Waals surface area contributed by atoms with E-state index in [-0.39, 0.29) is 6.79 Å². The topological polar surface area (TPSA) is 51.2 Å². The predicted molar refractivity (Wildman–Crippen MR) is 94.1 cm³/mol. The Labute approximate surface area is 147 Å². The summed E-state index contributed by atoms with van der Waals surface area (Å²) in [5.74, 6) is 2.09. The second-order valence-corrected chi connectivity index (χ2v) is 6.84. The highest BCUT2D eigenvalue weighted by molar-refractivity contribution is 5.55. The van der Waals surface area contributed by atoms with E-state index in [4.69, 9.17) is 14.2 Å². The van der Waals surface area contributed by atoms with Crippen molar-refractivity contribution < 1.29 is 19.3 Å². The summed E-state index contributed by atoms with van der Waals surface area (Å²) in [6.07, 6.45) is 0.736. The molecule has 2 aliphatic heterocycles. The van der Waals surface area contributed by atoms with Gasteiger partial charge >= 0.3 is 0 Å². The van der Waals surface area contributed by atoms with Crippen LogP contribution in [0.5, 0.6) is 17.2 Å². The highest BCUT2D eigenvalue weighted by Crippen LogP contribution is 2.42. The molecule has 0 bridgehead atoms. The van der Waals surface area contributed by atoms with Crippen LogP contribution < -0.4 is 14.2 Å². The van der Waals surface area contributed by atoms with Crippen molar-refractivity contribution in [2.45, 2.75) is 25.5 Å². The first-order valence-corrected chi connectivity index (χ1v) is 8.56. The smallest absolute Gasteiger partial charge is 0.231 e. The highest BCUT2D eigenvalue weighted by Gasteiger charge is 2.38. The number of aryl methyl sites for hydroxylation is 1. The molecule has 1 fully saturated rings. The van der Waals surface area contributed by atoms with Crippen molar-refractivity contribution in [3.8, 4) is 17.2 Å². The Kier molecular flexibility index (Phi) is 4.06. The molecule has 0 aromatic heterocycles. The van der Waals surface area contributed by atoms with E-state index in [2.05, 4.69) is 17.9 Å². The quantitative estimate of drug-likeness (QED) is 0.927. The minimum absolute atomic E-state index is 0.228. The first-order valence-electron chi connectivity index (χ1n) is 8.56. The van der Waals surface area contributed by atoms with Gasteiger partial charge < -0.3 is 19.3 Å². The van der Waals surface area contributed by atoms with Gasteiger partial charge in [-0.25, -0.2) is 0 Å². The van der Waals surface area contributed by atoms with E-state index in [1.165, 1.54) is 0 Å². The molecule has 1 atom stereocenters. The van der Waals surface area contributed by atoms with Gasteiger partial charge in [0.2, 0.25) is 12.5 Å². The number of hydrogen-bond donors (Lipinski definition) is 1. The zero-order valence-electron chi connectivity index (χ0n) is 14.6. The molecule has 132 valence electrons. The highest BCUT2D eigenvalue weighted by atomic mass is 16.7. The Hall–Kier alpha value is -2.24. The summed E-state index contributed by atoms with van der Waals surface area (Å²) in [6, 6.07) is 12.1. The number of fused-ring (bicyclic) bond motifs is 1. The molecular weight excluding hydrogens is 318 g/mol. The molecule has 1 unspecified atom stereocenters. The van der Waals surface area contributed by atoms with E-state index >= 15 is 0 Å². The zero-order chi connectivity index (χ0) is 17.4. The maximum atomic E-state index is 11.1. The summed E-state index contributed by atoms with van der Waals surface area (Å²) in [7, 11) is 1.63. The fourth-order valence-corrected chi connectivity index (χ4v) is 3.85. The van der Waals surface area contributed by atoms with Crippen molar-refractivity contribution in [3.63, 3.8) is 0 Å². The molecule has 4 rings (SSSR count). The minimum atomic E-state index is -0.786. The molecule has 0 spiro atoms. The number of likely N-dealkylation sites (tertiary alicyclic amines) is 1. The van der Waals surface area contributed by atoms with Crippen molar-refractivity contribution in [2.75, 3.05) is 27.0 Å². The third-order valence-corrected chi connectivity index (χ3v) is 5.10. The minimum Gasteiger partial charge on any atom is -0.493 e. The van der Waals surface area contributed by atoms with E-state index in [9.17, 15) is 5.11 Å². The molecule has 2 aromatic carbocycles. The second kappa shape index (κ2) is 6.24. The molecule has 2 aliphatic rings. The van der Waals surface area contributed by atoms with Gasteiger partial charge in [0, 0.05) is 19.6 Å². The first-order chi connectivity index (χ1) is 12.1. The van der Waals surface area contributed by atoms with Crippen LogP contribution in [0.1, 0.15) is 23.1 Å². The molecule has 1 saturated heterocycles. The van der Waals surface area contributed by atoms with Crippen molar-refractivity contribution in [1.82, 2.24) is 4.90 Å². The lowest BCUT2D eigenvalue weighted by atomic mass is 9.89. The average molecular weight is 341 g/mol. The van der Waals surface area contributed by atoms with E-state index in [0.29, 0.717) is 18.0 Å². The molecule has 1 N–H and O–H groups in total. The summed E-state index contributed by atoms with van der Waals surface area (Å²) in [5, 5.41) is 11.1. The third-order valence-electron chi connectivity index (χ3n) is 5.10. The summed E-state index contributed by atoms with van der Waals surface area (Å²) in [6.45, 7) is 4.49. The van der Waals surface area contributed by atoms with Crippen LogP contribution in [0.2, 0.25) is 0 Å². The summed E-state index contributed by atoms with van der Waals surface area (Å²) >= 11 is 0. The molecule has 0 radical (unpaired) electrons. The largest absolute Gasteiger partial charge is 0.493 e. The molecule has 5 nitrogen and oxygen atoms in total. The van der Waals surface area contributed by atoms with Crippen LogP contribution in [0, 0.1) is 6.92 Å². The maximum absolute atomic E-state index is 11.1. The zero-order valence-corrected chi connectivity index (χ0v) is 14.6. The van der Waals surface area contributed by atoms with Gasteiger partial charge in [0.25, 0.3) is 0 Å². The van der Waals surface area contributed by atoms with Gasteiger partial charge in [-0.3, -0.25) is 4.90 Å². The molecule has 5 heteroatoms. The van der Waals surface area contributed by atoms with Crippen LogP contribution in [-0.4, -0.2) is 37.0 Å². The number of methoxy groups -OCH3 is 1. The van der Waals surface area contributed by atoms with Crippen LogP contribution in [0.3, 0.4) is 0 Å². The Morgan fingerprint density at radius 1 is 1.24 bits per heavy atom. The van der Waals surface area contributed by atoms with E-state index in [1.807, 2.05) is 30.3 Å². The van der Waals surface area contributed by atoms with Gasteiger partial charge in [-0.15, -0.1) is 0 Å². The van der Waals surface area contributed by atoms with Crippen molar-refractivity contribution >= 4 is 0 Å². The van der Waals surface area contributed by atoms with Crippen LogP contribution in [0.15, 0.2) is 36.4 Å². The number of nitrogens with zero attached hydrogens (tertiary/aromatic N) is 1. The number of rotatable bonds is 4. The number of β-amino-alcohol motifs (C(OH)–C–C–N with tert-alkyl or cyclic N) is 1. The molecular formula is C20H23NO4. The molecule has 25 heavy (non-hydrogen) atoms. The Balaban J connectivity index is 1.53. The van der Waals surface area contributed by atoms with Crippen molar-refractivity contribution in [1.29, 1.82) is 0 Å². The normalized spacial score (nSPS) is 22.4. The lowest BCUT2D eigenvalue weighted by molar-refractivity contribution is 0.0447. The van der Waals surface area contributed by atoms with Gasteiger partial charge in [-0.05, 0) is 42.2 Å². The monoisotopic (exact) mass is 341 g/mol. The Morgan fingerprint density at radius 3 is 2.88 bits per heavy atom. The lowest BCUT2D eigenvalue weighted by Gasteiger charge is -2.26. The Bertz CT molecular complexity index is 791. The van der Waals surface area contributed by atoms with E-state index < -0.39 is 5.60 Å². The van der Waals surface area contributed by atoms with E-state index in [0.717, 1.165) is 42.0 Å². The number of hydrogen-bond acceptors (Lipinski definition) is 5. The number of ether oxygens (including phenoxy) is 3. The van der Waals surface area contributed by atoms with Crippen LogP contribution in [0.4, 0.5) is 0 Å². The van der Waals surface area contributed by atoms with Gasteiger partial charge in [0.1, 0.15) is 5.60 Å². The first kappa shape index (κ1) is 16.2. The maximum Gasteiger partial charge on any atom is 0.231 e. The average Bonchev–Trinajstić information content (AvgIpc) is 3.22. The van der Waals surface area contributed by atoms with E-state index in [1.54, 1.807) is 7.11 Å². The molecule has 0 saturated carbocycles. The number of aliphatic hydroxyl groups is 1. The molecule has 0 aliphatic carbocycles. The van der Waals surface area contributed by atoms with Gasteiger partial charge in [-0.2, -0.15) is 0 Å². The van der Waals surface area contributed by atoms with Gasteiger partial charge in [0.05, 0.1) is 7.11 Å². The fourth-order valence-electron chi connectivity index (χ4n) is 3.85. The Morgan fingerprint density at radius 2 is 2.08 bits per heavy atom. The molecule has 2 heterocycles. The molecule has 2 aromatic rings. The van der Waals surface area contributed by atoms with Crippen LogP contribution >= 0.6 is 0 Å². The van der Waals surface area contributed by atoms with Crippen LogP contribution in [0.25, 0.3) is 0 Å². The summed E-state index contributed by atoms with van der Waals surface area (Å²) in [4.78, 5) is 2.27. The number of benzene rings is 2. The summed E-state index contributed by atoms with van der Waals surface area (Å²) in [5.41, 5.74) is 2.47. The predicted octanol–water partition coefficient (Wildman–Crippen LogP) is 2.83. The van der Waals surface area contributed by atoms with Crippen molar-refractivity contribution in [3.05, 3.63) is 53.1 Å². The standard InChI is InChI=1S/C20H23NO4/c1-14-5-3-4-6-16(14)20(22)7-8-21(12-20)11-15-9-17(23-2)19-18(10-15)24-13-25-19/h3-6,9-10,22H,7-8,11-13H2,1-2H3. The second-order valence-electron chi connectivity index (χ2n) is 6.84. The molecule has 0 amide bonds. The van der Waals surface area contributed by atoms with Crippen molar-refractivity contribution in [2.24, 2.45) is 0 Å². The van der Waals surface area contributed by atoms with Crippen LogP contribution in [-0.2, 0) is 12.1 Å². The SMILES string of the molecule is COc1cc(CN2CCC(O)(c3ccccc3C)C2)cc2c1OCO2. The van der Waals surface area contributed by atoms with Gasteiger partial charge in [-0.1, -0.05) is 24.3 Å².